The Kier molecular flexibility index (Phi) is 10.7. The Morgan fingerprint density at radius 2 is 1.91 bits per heavy atom. The van der Waals surface area contributed by atoms with Gasteiger partial charge in [0.2, 0.25) is 0 Å². The molecule has 0 heterocycles. The summed E-state index contributed by atoms with van der Waals surface area (Å²) < 4.78 is 0. The SMILES string of the molecule is CC.CCCO/N=C(/C)c1ccc(CC(NC)C(=O)O)cc1. The predicted octanol–water partition coefficient (Wildman–Crippen LogP) is 3.08. The van der Waals surface area contributed by atoms with Gasteiger partial charge in [-0.25, -0.2) is 0 Å². The van der Waals surface area contributed by atoms with E-state index in [9.17, 15) is 4.79 Å². The highest BCUT2D eigenvalue weighted by atomic mass is 16.6. The summed E-state index contributed by atoms with van der Waals surface area (Å²) in [5.41, 5.74) is 2.76. The third-order valence-electron chi connectivity index (χ3n) is 2.95. The summed E-state index contributed by atoms with van der Waals surface area (Å²) in [6, 6.07) is 7.13. The minimum Gasteiger partial charge on any atom is -0.480 e. The lowest BCUT2D eigenvalue weighted by Crippen LogP contribution is -2.35. The van der Waals surface area contributed by atoms with Gasteiger partial charge in [-0.15, -0.1) is 0 Å². The number of carbonyl (C=O) groups is 1. The Balaban J connectivity index is 0.00000211. The molecule has 0 aliphatic heterocycles. The summed E-state index contributed by atoms with van der Waals surface area (Å²) in [5, 5.41) is 15.8. The van der Waals surface area contributed by atoms with Crippen molar-refractivity contribution in [1.82, 2.24) is 5.32 Å². The standard InChI is InChI=1S/C15H22N2O3.C2H6/c1-4-9-20-17-11(2)13-7-5-12(6-8-13)10-14(16-3)15(18)19;1-2/h5-8,14,16H,4,9-10H2,1-3H3,(H,18,19);1-2H3/b17-11-;. The Hall–Kier alpha value is -1.88. The zero-order chi connectivity index (χ0) is 17.0. The summed E-state index contributed by atoms with van der Waals surface area (Å²) in [4.78, 5) is 16.1. The van der Waals surface area contributed by atoms with Crippen LogP contribution in [0.5, 0.6) is 0 Å². The number of likely N-dealkylation sites (N-methyl/N-ethyl adjacent to an activating group) is 1. The number of nitrogens with zero attached hydrogens (tertiary/aromatic N) is 1. The van der Waals surface area contributed by atoms with Crippen molar-refractivity contribution in [1.29, 1.82) is 0 Å². The number of rotatable bonds is 8. The van der Waals surface area contributed by atoms with Crippen LogP contribution in [0.15, 0.2) is 29.4 Å². The summed E-state index contributed by atoms with van der Waals surface area (Å²) in [6.45, 7) is 8.52. The highest BCUT2D eigenvalue weighted by molar-refractivity contribution is 5.98. The average Bonchev–Trinajstić information content (AvgIpc) is 2.55. The smallest absolute Gasteiger partial charge is 0.321 e. The molecule has 0 aromatic heterocycles. The normalized spacial score (nSPS) is 12.1. The molecule has 1 unspecified atom stereocenters. The molecule has 0 radical (unpaired) electrons. The molecule has 1 rings (SSSR count). The number of nitrogens with one attached hydrogen (secondary N) is 1. The first-order valence-corrected chi connectivity index (χ1v) is 7.74. The number of aliphatic carboxylic acids is 1. The second kappa shape index (κ2) is 11.7. The summed E-state index contributed by atoms with van der Waals surface area (Å²) in [6.07, 6.45) is 1.38. The van der Waals surface area contributed by atoms with Crippen molar-refractivity contribution in [2.45, 2.75) is 46.6 Å². The fourth-order valence-electron chi connectivity index (χ4n) is 1.72. The van der Waals surface area contributed by atoms with Crippen LogP contribution >= 0.6 is 0 Å². The predicted molar refractivity (Wildman–Crippen MR) is 90.4 cm³/mol. The Morgan fingerprint density at radius 1 is 1.32 bits per heavy atom. The van der Waals surface area contributed by atoms with E-state index >= 15 is 0 Å². The van der Waals surface area contributed by atoms with E-state index in [0.717, 1.165) is 23.3 Å². The number of hydrogen-bond acceptors (Lipinski definition) is 4. The van der Waals surface area contributed by atoms with Crippen LogP contribution in [-0.2, 0) is 16.1 Å². The topological polar surface area (TPSA) is 70.9 Å². The first-order valence-electron chi connectivity index (χ1n) is 7.74. The summed E-state index contributed by atoms with van der Waals surface area (Å²) in [5.74, 6) is -0.845. The molecule has 5 nitrogen and oxygen atoms in total. The Labute approximate surface area is 133 Å². The van der Waals surface area contributed by atoms with E-state index in [4.69, 9.17) is 9.94 Å². The van der Waals surface area contributed by atoms with Crippen molar-refractivity contribution < 1.29 is 14.7 Å². The van der Waals surface area contributed by atoms with E-state index in [2.05, 4.69) is 10.5 Å². The minimum absolute atomic E-state index is 0.453. The molecule has 0 fully saturated rings. The monoisotopic (exact) mass is 308 g/mol. The summed E-state index contributed by atoms with van der Waals surface area (Å²) >= 11 is 0. The molecule has 0 aliphatic rings. The maximum Gasteiger partial charge on any atom is 0.321 e. The van der Waals surface area contributed by atoms with E-state index in [1.807, 2.05) is 52.0 Å². The van der Waals surface area contributed by atoms with Gasteiger partial charge in [0.1, 0.15) is 12.6 Å². The van der Waals surface area contributed by atoms with E-state index in [0.29, 0.717) is 13.0 Å². The molecule has 22 heavy (non-hydrogen) atoms. The molecule has 0 aliphatic carbocycles. The number of benzene rings is 1. The maximum atomic E-state index is 11.0. The van der Waals surface area contributed by atoms with Crippen LogP contribution < -0.4 is 5.32 Å². The third-order valence-corrected chi connectivity index (χ3v) is 2.95. The lowest BCUT2D eigenvalue weighted by Gasteiger charge is -2.11. The molecule has 0 saturated heterocycles. The first kappa shape index (κ1) is 20.1. The summed E-state index contributed by atoms with van der Waals surface area (Å²) in [7, 11) is 1.65. The minimum atomic E-state index is -0.845. The quantitative estimate of drug-likeness (QED) is 0.440. The molecular weight excluding hydrogens is 280 g/mol. The zero-order valence-electron chi connectivity index (χ0n) is 14.2. The van der Waals surface area contributed by atoms with E-state index in [-0.39, 0.29) is 0 Å². The number of oxime groups is 1. The zero-order valence-corrected chi connectivity index (χ0v) is 14.2. The maximum absolute atomic E-state index is 11.0. The van der Waals surface area contributed by atoms with Crippen LogP contribution in [0.2, 0.25) is 0 Å². The highest BCUT2D eigenvalue weighted by Gasteiger charge is 2.15. The first-order chi connectivity index (χ1) is 10.6. The lowest BCUT2D eigenvalue weighted by atomic mass is 10.0. The van der Waals surface area contributed by atoms with Crippen molar-refractivity contribution >= 4 is 11.7 Å². The fourth-order valence-corrected chi connectivity index (χ4v) is 1.72. The van der Waals surface area contributed by atoms with Gasteiger partial charge in [0, 0.05) is 0 Å². The van der Waals surface area contributed by atoms with Gasteiger partial charge in [-0.3, -0.25) is 4.79 Å². The van der Waals surface area contributed by atoms with Crippen molar-refractivity contribution in [2.75, 3.05) is 13.7 Å². The van der Waals surface area contributed by atoms with Gasteiger partial charge in [0.25, 0.3) is 0 Å². The molecule has 1 atom stereocenters. The van der Waals surface area contributed by atoms with Crippen LogP contribution in [0.4, 0.5) is 0 Å². The number of hydrogen-bond donors (Lipinski definition) is 2. The molecule has 1 aromatic rings. The van der Waals surface area contributed by atoms with Crippen LogP contribution in [0.25, 0.3) is 0 Å². The molecule has 5 heteroatoms. The molecule has 2 N–H and O–H groups in total. The molecule has 1 aromatic carbocycles. The molecule has 0 amide bonds. The van der Waals surface area contributed by atoms with Gasteiger partial charge in [0.05, 0.1) is 5.71 Å². The largest absolute Gasteiger partial charge is 0.480 e. The van der Waals surface area contributed by atoms with Crippen LogP contribution in [-0.4, -0.2) is 36.5 Å². The van der Waals surface area contributed by atoms with Gasteiger partial charge < -0.3 is 15.3 Å². The van der Waals surface area contributed by atoms with Crippen LogP contribution in [0.3, 0.4) is 0 Å². The Morgan fingerprint density at radius 3 is 2.36 bits per heavy atom. The molecule has 0 spiro atoms. The number of carboxylic acid groups (broad SMARTS) is 1. The van der Waals surface area contributed by atoms with Crippen molar-refractivity contribution in [2.24, 2.45) is 5.16 Å². The van der Waals surface area contributed by atoms with Gasteiger partial charge >= 0.3 is 5.97 Å². The van der Waals surface area contributed by atoms with Crippen molar-refractivity contribution in [3.05, 3.63) is 35.4 Å². The molecular formula is C17H28N2O3. The van der Waals surface area contributed by atoms with Gasteiger partial charge in [0.15, 0.2) is 0 Å². The third kappa shape index (κ3) is 7.22. The van der Waals surface area contributed by atoms with E-state index in [1.54, 1.807) is 7.05 Å². The molecule has 0 saturated carbocycles. The second-order valence-corrected chi connectivity index (χ2v) is 4.59. The highest BCUT2D eigenvalue weighted by Crippen LogP contribution is 2.09. The molecule has 0 bridgehead atoms. The lowest BCUT2D eigenvalue weighted by molar-refractivity contribution is -0.139. The van der Waals surface area contributed by atoms with Gasteiger partial charge in [-0.1, -0.05) is 50.2 Å². The number of carboxylic acids is 1. The van der Waals surface area contributed by atoms with Gasteiger partial charge in [-0.2, -0.15) is 0 Å². The molecule has 124 valence electrons. The Bertz CT molecular complexity index is 455. The van der Waals surface area contributed by atoms with E-state index in [1.165, 1.54) is 0 Å². The van der Waals surface area contributed by atoms with Crippen LogP contribution in [0, 0.1) is 0 Å². The van der Waals surface area contributed by atoms with Crippen molar-refractivity contribution in [3.8, 4) is 0 Å². The average molecular weight is 308 g/mol. The second-order valence-electron chi connectivity index (χ2n) is 4.59. The van der Waals surface area contributed by atoms with Crippen LogP contribution in [0.1, 0.15) is 45.2 Å². The van der Waals surface area contributed by atoms with Gasteiger partial charge in [-0.05, 0) is 37.9 Å². The van der Waals surface area contributed by atoms with E-state index < -0.39 is 12.0 Å². The fraction of sp³-hybridized carbons (Fsp3) is 0.529. The van der Waals surface area contributed by atoms with Crippen molar-refractivity contribution in [3.63, 3.8) is 0 Å².